The number of hydrogen-bond acceptors (Lipinski definition) is 9. The number of nitrogens with zero attached hydrogens (tertiary/aromatic N) is 4. The summed E-state index contributed by atoms with van der Waals surface area (Å²) >= 11 is 10.3. The molecule has 0 bridgehead atoms. The lowest BCUT2D eigenvalue weighted by Crippen LogP contribution is -2.10. The summed E-state index contributed by atoms with van der Waals surface area (Å²) in [7, 11) is 0. The number of thioether (sulfide) groups is 1. The van der Waals surface area contributed by atoms with Crippen molar-refractivity contribution in [1.29, 1.82) is 0 Å². The first-order valence-electron chi connectivity index (χ1n) is 4.27. The van der Waals surface area contributed by atoms with E-state index in [0.717, 1.165) is 8.68 Å². The molecule has 0 saturated carbocycles. The van der Waals surface area contributed by atoms with Crippen molar-refractivity contribution in [2.24, 2.45) is 5.84 Å². The fourth-order valence-electron chi connectivity index (χ4n) is 0.896. The van der Waals surface area contributed by atoms with Gasteiger partial charge in [0.1, 0.15) is 5.03 Å². The summed E-state index contributed by atoms with van der Waals surface area (Å²) in [5, 5.41) is 9.06. The standard InChI is InChI=1S/C7H7ClN6S3/c1-15-6-13-14-7(17-6)16-4-3(8)2-10-5(11-4)12-9/h2H,9H2,1H3,(H,10,11,12). The lowest BCUT2D eigenvalue weighted by molar-refractivity contribution is 0.951. The Morgan fingerprint density at radius 2 is 2.18 bits per heavy atom. The number of nitrogens with two attached hydrogens (primary N) is 1. The Labute approximate surface area is 115 Å². The minimum atomic E-state index is 0.312. The Morgan fingerprint density at radius 1 is 1.41 bits per heavy atom. The number of aromatic nitrogens is 4. The van der Waals surface area contributed by atoms with E-state index in [9.17, 15) is 0 Å². The van der Waals surface area contributed by atoms with Crippen LogP contribution in [0, 0.1) is 0 Å². The van der Waals surface area contributed by atoms with Gasteiger partial charge in [0.05, 0.1) is 11.2 Å². The first-order valence-corrected chi connectivity index (χ1v) is 7.51. The van der Waals surface area contributed by atoms with Gasteiger partial charge in [-0.3, -0.25) is 5.43 Å². The van der Waals surface area contributed by atoms with Crippen LogP contribution in [0.3, 0.4) is 0 Å². The Kier molecular flexibility index (Phi) is 4.40. The number of anilines is 1. The van der Waals surface area contributed by atoms with Crippen LogP contribution in [-0.2, 0) is 0 Å². The lowest BCUT2D eigenvalue weighted by atomic mass is 10.7. The Balaban J connectivity index is 2.22. The van der Waals surface area contributed by atoms with Crippen LogP contribution in [0.1, 0.15) is 0 Å². The molecule has 0 aromatic carbocycles. The summed E-state index contributed by atoms with van der Waals surface area (Å²) in [5.74, 6) is 5.54. The van der Waals surface area contributed by atoms with Crippen molar-refractivity contribution in [3.05, 3.63) is 11.2 Å². The van der Waals surface area contributed by atoms with Crippen molar-refractivity contribution in [3.8, 4) is 0 Å². The molecule has 6 nitrogen and oxygen atoms in total. The van der Waals surface area contributed by atoms with Crippen molar-refractivity contribution in [1.82, 2.24) is 20.2 Å². The van der Waals surface area contributed by atoms with Gasteiger partial charge in [0.15, 0.2) is 8.68 Å². The smallest absolute Gasteiger partial charge is 0.238 e. The zero-order valence-electron chi connectivity index (χ0n) is 8.55. The van der Waals surface area contributed by atoms with Crippen LogP contribution in [0.15, 0.2) is 19.9 Å². The van der Waals surface area contributed by atoms with Crippen molar-refractivity contribution in [3.63, 3.8) is 0 Å². The second-order valence-corrected chi connectivity index (χ2v) is 6.31. The van der Waals surface area contributed by atoms with Gasteiger partial charge >= 0.3 is 0 Å². The fourth-order valence-corrected chi connectivity index (χ4v) is 3.44. The second-order valence-electron chi connectivity index (χ2n) is 2.63. The minimum Gasteiger partial charge on any atom is -0.292 e. The monoisotopic (exact) mass is 306 g/mol. The van der Waals surface area contributed by atoms with Crippen molar-refractivity contribution >= 4 is 52.4 Å². The molecule has 2 rings (SSSR count). The minimum absolute atomic E-state index is 0.312. The normalized spacial score (nSPS) is 10.5. The zero-order valence-corrected chi connectivity index (χ0v) is 11.8. The molecule has 2 heterocycles. The second kappa shape index (κ2) is 5.83. The molecule has 0 amide bonds. The molecule has 0 atom stereocenters. The Hall–Kier alpha value is -0.610. The summed E-state index contributed by atoms with van der Waals surface area (Å²) in [6, 6.07) is 0. The van der Waals surface area contributed by atoms with Gasteiger partial charge in [-0.25, -0.2) is 15.8 Å². The van der Waals surface area contributed by atoms with Crippen LogP contribution in [0.5, 0.6) is 0 Å². The molecular formula is C7H7ClN6S3. The molecule has 90 valence electrons. The average Bonchev–Trinajstić information content (AvgIpc) is 2.80. The predicted molar refractivity (Wildman–Crippen MR) is 70.7 cm³/mol. The maximum atomic E-state index is 5.98. The Morgan fingerprint density at radius 3 is 2.82 bits per heavy atom. The highest BCUT2D eigenvalue weighted by Gasteiger charge is 2.11. The highest BCUT2D eigenvalue weighted by molar-refractivity contribution is 8.03. The molecule has 0 saturated heterocycles. The van der Waals surface area contributed by atoms with Gasteiger partial charge in [0.2, 0.25) is 5.95 Å². The van der Waals surface area contributed by atoms with Crippen LogP contribution >= 0.6 is 46.5 Å². The van der Waals surface area contributed by atoms with E-state index in [1.807, 2.05) is 6.26 Å². The van der Waals surface area contributed by atoms with Crippen LogP contribution in [0.4, 0.5) is 5.95 Å². The van der Waals surface area contributed by atoms with Gasteiger partial charge in [-0.05, 0) is 18.0 Å². The van der Waals surface area contributed by atoms with E-state index in [-0.39, 0.29) is 0 Å². The SMILES string of the molecule is CSc1nnc(Sc2nc(NN)ncc2Cl)s1. The largest absolute Gasteiger partial charge is 0.292 e. The van der Waals surface area contributed by atoms with E-state index < -0.39 is 0 Å². The van der Waals surface area contributed by atoms with Crippen molar-refractivity contribution < 1.29 is 0 Å². The van der Waals surface area contributed by atoms with E-state index in [1.54, 1.807) is 11.8 Å². The predicted octanol–water partition coefficient (Wildman–Crippen LogP) is 2.14. The lowest BCUT2D eigenvalue weighted by Gasteiger charge is -2.02. The van der Waals surface area contributed by atoms with Gasteiger partial charge in [-0.15, -0.1) is 10.2 Å². The van der Waals surface area contributed by atoms with Crippen LogP contribution < -0.4 is 11.3 Å². The summed E-state index contributed by atoms with van der Waals surface area (Å²) in [4.78, 5) is 8.03. The van der Waals surface area contributed by atoms with Gasteiger partial charge in [-0.2, -0.15) is 0 Å². The fraction of sp³-hybridized carbons (Fsp3) is 0.143. The van der Waals surface area contributed by atoms with E-state index in [4.69, 9.17) is 17.4 Å². The highest BCUT2D eigenvalue weighted by Crippen LogP contribution is 2.35. The van der Waals surface area contributed by atoms with E-state index >= 15 is 0 Å². The maximum Gasteiger partial charge on any atom is 0.238 e. The quantitative estimate of drug-likeness (QED) is 0.384. The molecular weight excluding hydrogens is 300 g/mol. The summed E-state index contributed by atoms with van der Waals surface area (Å²) in [5.41, 5.74) is 2.37. The number of nitrogen functional groups attached to an aromatic ring is 1. The van der Waals surface area contributed by atoms with Gasteiger partial charge in [-0.1, -0.05) is 34.7 Å². The van der Waals surface area contributed by atoms with Gasteiger partial charge in [0, 0.05) is 0 Å². The van der Waals surface area contributed by atoms with Crippen LogP contribution in [-0.4, -0.2) is 26.4 Å². The molecule has 17 heavy (non-hydrogen) atoms. The molecule has 2 aromatic rings. The third kappa shape index (κ3) is 3.19. The third-order valence-corrected chi connectivity index (χ3v) is 4.93. The molecule has 2 aromatic heterocycles. The first kappa shape index (κ1) is 12.8. The molecule has 0 aliphatic heterocycles. The van der Waals surface area contributed by atoms with Crippen LogP contribution in [0.2, 0.25) is 5.02 Å². The Bertz CT molecular complexity index is 518. The third-order valence-electron chi connectivity index (χ3n) is 1.59. The molecule has 3 N–H and O–H groups in total. The van der Waals surface area contributed by atoms with E-state index in [2.05, 4.69) is 25.6 Å². The van der Waals surface area contributed by atoms with E-state index in [0.29, 0.717) is 16.0 Å². The van der Waals surface area contributed by atoms with Crippen LogP contribution in [0.25, 0.3) is 0 Å². The molecule has 0 radical (unpaired) electrons. The first-order chi connectivity index (χ1) is 8.22. The van der Waals surface area contributed by atoms with E-state index in [1.165, 1.54) is 29.3 Å². The topological polar surface area (TPSA) is 89.6 Å². The summed E-state index contributed by atoms with van der Waals surface area (Å²) in [6.45, 7) is 0. The molecule has 10 heteroatoms. The zero-order chi connectivity index (χ0) is 12.3. The molecule has 0 unspecified atom stereocenters. The average molecular weight is 307 g/mol. The number of hydrogen-bond donors (Lipinski definition) is 2. The maximum absolute atomic E-state index is 5.98. The number of hydrazine groups is 1. The summed E-state index contributed by atoms with van der Waals surface area (Å²) < 4.78 is 1.67. The highest BCUT2D eigenvalue weighted by atomic mass is 35.5. The van der Waals surface area contributed by atoms with Crippen molar-refractivity contribution in [2.45, 2.75) is 13.7 Å². The molecule has 0 aliphatic rings. The number of halogens is 1. The summed E-state index contributed by atoms with van der Waals surface area (Å²) in [6.07, 6.45) is 3.44. The van der Waals surface area contributed by atoms with Gasteiger partial charge in [0.25, 0.3) is 0 Å². The number of nitrogens with one attached hydrogen (secondary N) is 1. The molecule has 0 aliphatic carbocycles. The molecule has 0 spiro atoms. The number of rotatable bonds is 4. The molecule has 0 fully saturated rings. The van der Waals surface area contributed by atoms with Crippen molar-refractivity contribution in [2.75, 3.05) is 11.7 Å². The van der Waals surface area contributed by atoms with Gasteiger partial charge < -0.3 is 0 Å².